The summed E-state index contributed by atoms with van der Waals surface area (Å²) in [6.07, 6.45) is -1.17. The van der Waals surface area contributed by atoms with Crippen LogP contribution in [0.3, 0.4) is 0 Å². The van der Waals surface area contributed by atoms with Gasteiger partial charge in [-0.2, -0.15) is 0 Å². The number of aliphatic hydroxyl groups excluding tert-OH is 1. The minimum atomic E-state index is -1.36. The normalized spacial score (nSPS) is 12.1. The van der Waals surface area contributed by atoms with Crippen molar-refractivity contribution in [1.82, 2.24) is 5.32 Å². The molecule has 0 aliphatic heterocycles. The Balaban J connectivity index is 2.05. The standard InChI is InChI=1S/C15H16N2O3/c16-15(20)13(18)9-17-14(19)8-11-6-3-5-10-4-1-2-7-12(10)11/h1-7,13,18H,8-9H2,(H2,16,20)(H,17,19). The van der Waals surface area contributed by atoms with Crippen molar-refractivity contribution in [1.29, 1.82) is 0 Å². The van der Waals surface area contributed by atoms with Crippen molar-refractivity contribution in [2.24, 2.45) is 5.73 Å². The number of hydrogen-bond donors (Lipinski definition) is 3. The number of hydrogen-bond acceptors (Lipinski definition) is 3. The van der Waals surface area contributed by atoms with Crippen molar-refractivity contribution in [3.05, 3.63) is 48.0 Å². The molecule has 0 aliphatic carbocycles. The third-order valence-corrected chi connectivity index (χ3v) is 3.05. The molecule has 5 heteroatoms. The van der Waals surface area contributed by atoms with E-state index in [1.807, 2.05) is 42.5 Å². The maximum Gasteiger partial charge on any atom is 0.248 e. The maximum atomic E-state index is 11.8. The van der Waals surface area contributed by atoms with Crippen LogP contribution in [0.4, 0.5) is 0 Å². The second-order valence-electron chi connectivity index (χ2n) is 4.54. The largest absolute Gasteiger partial charge is 0.381 e. The fourth-order valence-corrected chi connectivity index (χ4v) is 1.99. The van der Waals surface area contributed by atoms with Gasteiger partial charge in [-0.05, 0) is 16.3 Å². The predicted octanol–water partition coefficient (Wildman–Crippen LogP) is 0.345. The van der Waals surface area contributed by atoms with Gasteiger partial charge in [0.1, 0.15) is 6.10 Å². The lowest BCUT2D eigenvalue weighted by Gasteiger charge is -2.10. The molecule has 104 valence electrons. The Morgan fingerprint density at radius 3 is 2.60 bits per heavy atom. The van der Waals surface area contributed by atoms with Gasteiger partial charge in [0.05, 0.1) is 13.0 Å². The molecule has 0 heterocycles. The van der Waals surface area contributed by atoms with Gasteiger partial charge in [-0.3, -0.25) is 9.59 Å². The third kappa shape index (κ3) is 3.33. The second kappa shape index (κ2) is 6.16. The van der Waals surface area contributed by atoms with Gasteiger partial charge < -0.3 is 16.2 Å². The molecule has 2 amide bonds. The van der Waals surface area contributed by atoms with Crippen molar-refractivity contribution >= 4 is 22.6 Å². The third-order valence-electron chi connectivity index (χ3n) is 3.05. The first-order valence-electron chi connectivity index (χ1n) is 6.28. The molecule has 0 saturated carbocycles. The van der Waals surface area contributed by atoms with E-state index in [1.165, 1.54) is 0 Å². The lowest BCUT2D eigenvalue weighted by molar-refractivity contribution is -0.126. The molecule has 1 unspecified atom stereocenters. The number of benzene rings is 2. The summed E-state index contributed by atoms with van der Waals surface area (Å²) in [5, 5.41) is 13.8. The number of primary amides is 1. The Kier molecular flexibility index (Phi) is 4.32. The lowest BCUT2D eigenvalue weighted by Crippen LogP contribution is -2.40. The summed E-state index contributed by atoms with van der Waals surface area (Å²) in [4.78, 5) is 22.5. The van der Waals surface area contributed by atoms with Crippen molar-refractivity contribution in [3.8, 4) is 0 Å². The second-order valence-corrected chi connectivity index (χ2v) is 4.54. The number of nitrogens with two attached hydrogens (primary N) is 1. The molecular formula is C15H16N2O3. The topological polar surface area (TPSA) is 92.4 Å². The highest BCUT2D eigenvalue weighted by Gasteiger charge is 2.13. The first-order valence-corrected chi connectivity index (χ1v) is 6.28. The molecule has 0 aliphatic rings. The molecule has 0 bridgehead atoms. The van der Waals surface area contributed by atoms with Crippen molar-refractivity contribution < 1.29 is 14.7 Å². The van der Waals surface area contributed by atoms with Crippen LogP contribution in [-0.4, -0.2) is 29.6 Å². The fraction of sp³-hybridized carbons (Fsp3) is 0.200. The molecule has 2 aromatic rings. The summed E-state index contributed by atoms with van der Waals surface area (Å²) < 4.78 is 0. The van der Waals surface area contributed by atoms with E-state index >= 15 is 0 Å². The first kappa shape index (κ1) is 14.0. The summed E-state index contributed by atoms with van der Waals surface area (Å²) in [6.45, 7) is -0.168. The maximum absolute atomic E-state index is 11.8. The zero-order valence-corrected chi connectivity index (χ0v) is 10.9. The Bertz CT molecular complexity index is 635. The number of nitrogens with one attached hydrogen (secondary N) is 1. The summed E-state index contributed by atoms with van der Waals surface area (Å²) in [5.74, 6) is -1.11. The molecule has 0 saturated heterocycles. The van der Waals surface area contributed by atoms with E-state index in [1.54, 1.807) is 0 Å². The van der Waals surface area contributed by atoms with Crippen molar-refractivity contribution in [3.63, 3.8) is 0 Å². The molecule has 4 N–H and O–H groups in total. The molecule has 1 atom stereocenters. The average molecular weight is 272 g/mol. The van der Waals surface area contributed by atoms with Gasteiger partial charge in [-0.25, -0.2) is 0 Å². The molecule has 0 spiro atoms. The van der Waals surface area contributed by atoms with Crippen LogP contribution < -0.4 is 11.1 Å². The zero-order valence-electron chi connectivity index (χ0n) is 10.9. The molecule has 20 heavy (non-hydrogen) atoms. The molecule has 2 aromatic carbocycles. The van der Waals surface area contributed by atoms with E-state index in [2.05, 4.69) is 5.32 Å². The van der Waals surface area contributed by atoms with Crippen LogP contribution in [0.15, 0.2) is 42.5 Å². The molecule has 0 radical (unpaired) electrons. The van der Waals surface area contributed by atoms with Gasteiger partial charge in [0, 0.05) is 0 Å². The van der Waals surface area contributed by atoms with Gasteiger partial charge in [-0.15, -0.1) is 0 Å². The minimum absolute atomic E-state index is 0.168. The van der Waals surface area contributed by atoms with Gasteiger partial charge in [0.25, 0.3) is 0 Å². The fourth-order valence-electron chi connectivity index (χ4n) is 1.99. The van der Waals surface area contributed by atoms with E-state index in [-0.39, 0.29) is 18.9 Å². The molecule has 0 fully saturated rings. The predicted molar refractivity (Wildman–Crippen MR) is 75.9 cm³/mol. The zero-order chi connectivity index (χ0) is 14.5. The molecule has 5 nitrogen and oxygen atoms in total. The molecular weight excluding hydrogens is 256 g/mol. The number of rotatable bonds is 5. The van der Waals surface area contributed by atoms with E-state index in [4.69, 9.17) is 5.73 Å². The van der Waals surface area contributed by atoms with Gasteiger partial charge in [0.2, 0.25) is 11.8 Å². The summed E-state index contributed by atoms with van der Waals surface area (Å²) in [5.41, 5.74) is 5.81. The number of amides is 2. The van der Waals surface area contributed by atoms with Crippen LogP contribution >= 0.6 is 0 Å². The molecule has 0 aromatic heterocycles. The Labute approximate surface area is 116 Å². The Morgan fingerprint density at radius 2 is 1.85 bits per heavy atom. The monoisotopic (exact) mass is 272 g/mol. The smallest absolute Gasteiger partial charge is 0.248 e. The number of fused-ring (bicyclic) bond motifs is 1. The number of carbonyl (C=O) groups excluding carboxylic acids is 2. The van der Waals surface area contributed by atoms with E-state index in [0.29, 0.717) is 0 Å². The van der Waals surface area contributed by atoms with Crippen LogP contribution in [0.2, 0.25) is 0 Å². The Morgan fingerprint density at radius 1 is 1.15 bits per heavy atom. The van der Waals surface area contributed by atoms with Crippen molar-refractivity contribution in [2.75, 3.05) is 6.54 Å². The summed E-state index contributed by atoms with van der Waals surface area (Å²) >= 11 is 0. The van der Waals surface area contributed by atoms with E-state index in [0.717, 1.165) is 16.3 Å². The van der Waals surface area contributed by atoms with Gasteiger partial charge in [-0.1, -0.05) is 42.5 Å². The highest BCUT2D eigenvalue weighted by atomic mass is 16.3. The first-order chi connectivity index (χ1) is 9.58. The highest BCUT2D eigenvalue weighted by molar-refractivity contribution is 5.90. The van der Waals surface area contributed by atoms with E-state index < -0.39 is 12.0 Å². The Hall–Kier alpha value is -2.40. The lowest BCUT2D eigenvalue weighted by atomic mass is 10.0. The average Bonchev–Trinajstić information content (AvgIpc) is 2.45. The quantitative estimate of drug-likeness (QED) is 0.733. The summed E-state index contributed by atoms with van der Waals surface area (Å²) in [7, 11) is 0. The van der Waals surface area contributed by atoms with Crippen LogP contribution in [-0.2, 0) is 16.0 Å². The highest BCUT2D eigenvalue weighted by Crippen LogP contribution is 2.18. The number of aliphatic hydroxyl groups is 1. The number of carbonyl (C=O) groups is 2. The summed E-state index contributed by atoms with van der Waals surface area (Å²) in [6, 6.07) is 13.5. The van der Waals surface area contributed by atoms with Crippen LogP contribution in [0.1, 0.15) is 5.56 Å². The van der Waals surface area contributed by atoms with Gasteiger partial charge in [0.15, 0.2) is 0 Å². The van der Waals surface area contributed by atoms with Gasteiger partial charge >= 0.3 is 0 Å². The van der Waals surface area contributed by atoms with Crippen molar-refractivity contribution in [2.45, 2.75) is 12.5 Å². The van der Waals surface area contributed by atoms with Crippen LogP contribution in [0.5, 0.6) is 0 Å². The minimum Gasteiger partial charge on any atom is -0.381 e. The SMILES string of the molecule is NC(=O)C(O)CNC(=O)Cc1cccc2ccccc12. The van der Waals surface area contributed by atoms with Crippen LogP contribution in [0, 0.1) is 0 Å². The van der Waals surface area contributed by atoms with E-state index in [9.17, 15) is 14.7 Å². The van der Waals surface area contributed by atoms with Crippen LogP contribution in [0.25, 0.3) is 10.8 Å². The molecule has 2 rings (SSSR count).